The summed E-state index contributed by atoms with van der Waals surface area (Å²) in [5.74, 6) is 1.03. The molecule has 0 unspecified atom stereocenters. The molecule has 0 atom stereocenters. The number of ether oxygens (including phenoxy) is 1. The molecule has 2 rings (SSSR count). The van der Waals surface area contributed by atoms with Crippen LogP contribution in [0.2, 0.25) is 0 Å². The predicted octanol–water partition coefficient (Wildman–Crippen LogP) is 3.74. The standard InChI is InChI=1S/C17H21NO3/c1-12(2)11-21-16-9-4-3-7-14(16)18-10-13-6-5-8-15(19)17(13)20/h3-9,12,18-20H,10-11H2,1-2H3. The highest BCUT2D eigenvalue weighted by Crippen LogP contribution is 2.30. The first-order valence-corrected chi connectivity index (χ1v) is 7.03. The molecule has 0 aliphatic rings. The van der Waals surface area contributed by atoms with Crippen molar-refractivity contribution < 1.29 is 14.9 Å². The van der Waals surface area contributed by atoms with Gasteiger partial charge in [0.2, 0.25) is 0 Å². The van der Waals surface area contributed by atoms with Crippen LogP contribution in [0.5, 0.6) is 17.2 Å². The van der Waals surface area contributed by atoms with Crippen molar-refractivity contribution in [1.29, 1.82) is 0 Å². The molecule has 0 aliphatic carbocycles. The molecule has 0 amide bonds. The largest absolute Gasteiger partial charge is 0.504 e. The highest BCUT2D eigenvalue weighted by molar-refractivity contribution is 5.57. The molecule has 21 heavy (non-hydrogen) atoms. The first-order chi connectivity index (χ1) is 10.1. The lowest BCUT2D eigenvalue weighted by Crippen LogP contribution is -2.07. The maximum atomic E-state index is 9.80. The summed E-state index contributed by atoms with van der Waals surface area (Å²) >= 11 is 0. The van der Waals surface area contributed by atoms with Gasteiger partial charge in [0.15, 0.2) is 11.5 Å². The summed E-state index contributed by atoms with van der Waals surface area (Å²) < 4.78 is 5.77. The maximum absolute atomic E-state index is 9.80. The first-order valence-electron chi connectivity index (χ1n) is 7.03. The topological polar surface area (TPSA) is 61.7 Å². The van der Waals surface area contributed by atoms with Crippen LogP contribution in [0.15, 0.2) is 42.5 Å². The summed E-state index contributed by atoms with van der Waals surface area (Å²) in [6, 6.07) is 12.6. The second-order valence-corrected chi connectivity index (χ2v) is 5.34. The van der Waals surface area contributed by atoms with Gasteiger partial charge in [-0.2, -0.15) is 0 Å². The second-order valence-electron chi connectivity index (χ2n) is 5.34. The van der Waals surface area contributed by atoms with E-state index in [1.807, 2.05) is 24.3 Å². The monoisotopic (exact) mass is 287 g/mol. The highest BCUT2D eigenvalue weighted by atomic mass is 16.5. The van der Waals surface area contributed by atoms with Crippen molar-refractivity contribution >= 4 is 5.69 Å². The zero-order valence-electron chi connectivity index (χ0n) is 12.3. The normalized spacial score (nSPS) is 10.6. The summed E-state index contributed by atoms with van der Waals surface area (Å²) in [6.07, 6.45) is 0. The molecule has 2 aromatic rings. The summed E-state index contributed by atoms with van der Waals surface area (Å²) in [5.41, 5.74) is 1.49. The highest BCUT2D eigenvalue weighted by Gasteiger charge is 2.08. The van der Waals surface area contributed by atoms with Crippen LogP contribution in [0.1, 0.15) is 19.4 Å². The number of para-hydroxylation sites is 3. The third-order valence-corrected chi connectivity index (χ3v) is 3.03. The molecule has 0 saturated heterocycles. The summed E-state index contributed by atoms with van der Waals surface area (Å²) in [6.45, 7) is 5.25. The molecule has 2 aromatic carbocycles. The zero-order valence-corrected chi connectivity index (χ0v) is 12.3. The van der Waals surface area contributed by atoms with Gasteiger partial charge in [-0.1, -0.05) is 38.1 Å². The van der Waals surface area contributed by atoms with E-state index >= 15 is 0 Å². The number of anilines is 1. The van der Waals surface area contributed by atoms with E-state index in [4.69, 9.17) is 4.74 Å². The van der Waals surface area contributed by atoms with Gasteiger partial charge in [0.25, 0.3) is 0 Å². The van der Waals surface area contributed by atoms with Crippen molar-refractivity contribution in [3.05, 3.63) is 48.0 Å². The molecular formula is C17H21NO3. The quantitative estimate of drug-likeness (QED) is 0.708. The number of phenolic OH excluding ortho intramolecular Hbond substituents is 2. The van der Waals surface area contributed by atoms with Crippen molar-refractivity contribution in [2.45, 2.75) is 20.4 Å². The van der Waals surface area contributed by atoms with E-state index in [-0.39, 0.29) is 11.5 Å². The van der Waals surface area contributed by atoms with Gasteiger partial charge in [-0.25, -0.2) is 0 Å². The van der Waals surface area contributed by atoms with E-state index in [2.05, 4.69) is 19.2 Å². The molecular weight excluding hydrogens is 266 g/mol. The van der Waals surface area contributed by atoms with E-state index < -0.39 is 0 Å². The number of phenols is 2. The van der Waals surface area contributed by atoms with Gasteiger partial charge in [0.1, 0.15) is 5.75 Å². The van der Waals surface area contributed by atoms with Crippen molar-refractivity contribution in [2.75, 3.05) is 11.9 Å². The number of aromatic hydroxyl groups is 2. The fraction of sp³-hybridized carbons (Fsp3) is 0.294. The molecule has 4 nitrogen and oxygen atoms in total. The average molecular weight is 287 g/mol. The fourth-order valence-corrected chi connectivity index (χ4v) is 1.91. The fourth-order valence-electron chi connectivity index (χ4n) is 1.91. The van der Waals surface area contributed by atoms with Crippen molar-refractivity contribution in [3.63, 3.8) is 0 Å². The van der Waals surface area contributed by atoms with Gasteiger partial charge in [-0.05, 0) is 24.1 Å². The van der Waals surface area contributed by atoms with Crippen LogP contribution >= 0.6 is 0 Å². The second kappa shape index (κ2) is 6.88. The van der Waals surface area contributed by atoms with E-state index in [9.17, 15) is 10.2 Å². The number of hydrogen-bond acceptors (Lipinski definition) is 4. The van der Waals surface area contributed by atoms with Gasteiger partial charge in [-0.3, -0.25) is 0 Å². The molecule has 0 aromatic heterocycles. The van der Waals surface area contributed by atoms with Crippen molar-refractivity contribution in [2.24, 2.45) is 5.92 Å². The lowest BCUT2D eigenvalue weighted by Gasteiger charge is -2.15. The SMILES string of the molecule is CC(C)COc1ccccc1NCc1cccc(O)c1O. The molecule has 0 fully saturated rings. The molecule has 0 heterocycles. The van der Waals surface area contributed by atoms with Gasteiger partial charge >= 0.3 is 0 Å². The Balaban J connectivity index is 2.07. The Labute approximate surface area is 125 Å². The summed E-state index contributed by atoms with van der Waals surface area (Å²) in [7, 11) is 0. The lowest BCUT2D eigenvalue weighted by atomic mass is 10.1. The molecule has 0 saturated carbocycles. The Kier molecular flexibility index (Phi) is 4.93. The molecule has 3 N–H and O–H groups in total. The number of hydrogen-bond donors (Lipinski definition) is 3. The van der Waals surface area contributed by atoms with Gasteiger partial charge in [0, 0.05) is 12.1 Å². The first kappa shape index (κ1) is 15.0. The average Bonchev–Trinajstić information content (AvgIpc) is 2.47. The molecule has 0 spiro atoms. The molecule has 4 heteroatoms. The smallest absolute Gasteiger partial charge is 0.162 e. The van der Waals surface area contributed by atoms with Crippen LogP contribution in [-0.2, 0) is 6.54 Å². The van der Waals surface area contributed by atoms with Crippen LogP contribution in [0.4, 0.5) is 5.69 Å². The summed E-state index contributed by atoms with van der Waals surface area (Å²) in [4.78, 5) is 0. The van der Waals surface area contributed by atoms with Crippen LogP contribution in [0.25, 0.3) is 0 Å². The Bertz CT molecular complexity index is 596. The van der Waals surface area contributed by atoms with Crippen LogP contribution in [0, 0.1) is 5.92 Å². The zero-order chi connectivity index (χ0) is 15.2. The number of rotatable bonds is 6. The Morgan fingerprint density at radius 3 is 2.57 bits per heavy atom. The predicted molar refractivity (Wildman–Crippen MR) is 83.9 cm³/mol. The third kappa shape index (κ3) is 4.05. The van der Waals surface area contributed by atoms with Crippen LogP contribution < -0.4 is 10.1 Å². The minimum Gasteiger partial charge on any atom is -0.504 e. The Hall–Kier alpha value is -2.36. The molecule has 0 aliphatic heterocycles. The minimum absolute atomic E-state index is 0.0921. The number of benzene rings is 2. The maximum Gasteiger partial charge on any atom is 0.162 e. The molecule has 0 bridgehead atoms. The van der Waals surface area contributed by atoms with Crippen LogP contribution in [-0.4, -0.2) is 16.8 Å². The van der Waals surface area contributed by atoms with Crippen LogP contribution in [0.3, 0.4) is 0 Å². The molecule has 0 radical (unpaired) electrons. The van der Waals surface area contributed by atoms with E-state index in [1.54, 1.807) is 12.1 Å². The number of nitrogens with one attached hydrogen (secondary N) is 1. The Morgan fingerprint density at radius 1 is 1.05 bits per heavy atom. The lowest BCUT2D eigenvalue weighted by molar-refractivity contribution is 0.272. The van der Waals surface area contributed by atoms with Crippen molar-refractivity contribution in [3.8, 4) is 17.2 Å². The molecule has 112 valence electrons. The van der Waals surface area contributed by atoms with Gasteiger partial charge in [0.05, 0.1) is 12.3 Å². The van der Waals surface area contributed by atoms with Crippen molar-refractivity contribution in [1.82, 2.24) is 0 Å². The van der Waals surface area contributed by atoms with E-state index in [0.717, 1.165) is 11.4 Å². The summed E-state index contributed by atoms with van der Waals surface area (Å²) in [5, 5.41) is 22.5. The third-order valence-electron chi connectivity index (χ3n) is 3.03. The van der Waals surface area contributed by atoms with Gasteiger partial charge in [-0.15, -0.1) is 0 Å². The van der Waals surface area contributed by atoms with E-state index in [1.165, 1.54) is 6.07 Å². The Morgan fingerprint density at radius 2 is 1.81 bits per heavy atom. The van der Waals surface area contributed by atoms with Gasteiger partial charge < -0.3 is 20.3 Å². The van der Waals surface area contributed by atoms with E-state index in [0.29, 0.717) is 24.6 Å². The minimum atomic E-state index is -0.112.